The molecule has 0 aliphatic carbocycles. The fourth-order valence-corrected chi connectivity index (χ4v) is 3.79. The third-order valence-corrected chi connectivity index (χ3v) is 5.29. The number of hydrogen-bond donors (Lipinski definition) is 1. The lowest BCUT2D eigenvalue weighted by Crippen LogP contribution is -2.34. The summed E-state index contributed by atoms with van der Waals surface area (Å²) in [4.78, 5) is 30.4. The lowest BCUT2D eigenvalue weighted by molar-refractivity contribution is 0.0941. The van der Waals surface area contributed by atoms with Gasteiger partial charge in [-0.2, -0.15) is 0 Å². The van der Waals surface area contributed by atoms with Crippen molar-refractivity contribution < 1.29 is 9.53 Å². The van der Waals surface area contributed by atoms with Crippen molar-refractivity contribution in [1.29, 1.82) is 0 Å². The molecular weight excluding hydrogens is 386 g/mol. The minimum absolute atomic E-state index is 0.00719. The number of aromatic nitrogens is 2. The summed E-state index contributed by atoms with van der Waals surface area (Å²) in [5.41, 5.74) is 1.42. The fraction of sp³-hybridized carbons (Fsp3) is 0.136. The first-order chi connectivity index (χ1) is 14.2. The first-order valence-corrected chi connectivity index (χ1v) is 10.1. The Labute approximate surface area is 171 Å². The van der Waals surface area contributed by atoms with Crippen molar-refractivity contribution in [3.05, 3.63) is 99.4 Å². The number of amides is 1. The number of ether oxygens (including phenoxy) is 1. The average Bonchev–Trinajstić information content (AvgIpc) is 3.24. The quantitative estimate of drug-likeness (QED) is 0.531. The molecule has 0 saturated heterocycles. The summed E-state index contributed by atoms with van der Waals surface area (Å²) in [5.74, 6) is 0.297. The number of carbonyl (C=O) groups excluding carboxylic acids is 1. The van der Waals surface area contributed by atoms with Gasteiger partial charge in [-0.3, -0.25) is 14.0 Å². The van der Waals surface area contributed by atoms with E-state index in [2.05, 4.69) is 10.3 Å². The van der Waals surface area contributed by atoms with Gasteiger partial charge in [-0.1, -0.05) is 42.5 Å². The predicted molar refractivity (Wildman–Crippen MR) is 113 cm³/mol. The van der Waals surface area contributed by atoms with Crippen LogP contribution >= 0.6 is 11.3 Å². The zero-order valence-electron chi connectivity index (χ0n) is 15.7. The van der Waals surface area contributed by atoms with E-state index >= 15 is 0 Å². The molecule has 1 N–H and O–H groups in total. The van der Waals surface area contributed by atoms with Gasteiger partial charge in [0.2, 0.25) is 0 Å². The van der Waals surface area contributed by atoms with E-state index in [0.717, 1.165) is 16.9 Å². The van der Waals surface area contributed by atoms with Crippen LogP contribution in [-0.2, 0) is 0 Å². The number of nitrogens with one attached hydrogen (secondary N) is 1. The smallest absolute Gasteiger partial charge is 0.271 e. The summed E-state index contributed by atoms with van der Waals surface area (Å²) < 4.78 is 6.89. The second-order valence-electron chi connectivity index (χ2n) is 6.35. The zero-order valence-corrected chi connectivity index (χ0v) is 16.6. The molecule has 4 rings (SSSR count). The Morgan fingerprint density at radius 3 is 2.59 bits per heavy atom. The SMILES string of the molecule is CCOc1ccc(C(NC(=O)c2cnc3sccn3c2=O)c2ccccc2)cc1. The topological polar surface area (TPSA) is 72.7 Å². The summed E-state index contributed by atoms with van der Waals surface area (Å²) in [6.07, 6.45) is 2.96. The van der Waals surface area contributed by atoms with Crippen LogP contribution < -0.4 is 15.6 Å². The molecule has 0 aliphatic rings. The number of hydrogen-bond acceptors (Lipinski definition) is 5. The van der Waals surface area contributed by atoms with Crippen molar-refractivity contribution in [3.8, 4) is 5.75 Å². The molecule has 0 aliphatic heterocycles. The Bertz CT molecular complexity index is 1180. The van der Waals surface area contributed by atoms with Gasteiger partial charge in [0.25, 0.3) is 11.5 Å². The maximum Gasteiger partial charge on any atom is 0.271 e. The Hall–Kier alpha value is -3.45. The van der Waals surface area contributed by atoms with Crippen molar-refractivity contribution in [2.24, 2.45) is 0 Å². The first-order valence-electron chi connectivity index (χ1n) is 9.21. The van der Waals surface area contributed by atoms with Crippen LogP contribution in [0.2, 0.25) is 0 Å². The van der Waals surface area contributed by atoms with Gasteiger partial charge in [-0.15, -0.1) is 11.3 Å². The van der Waals surface area contributed by atoms with E-state index in [0.29, 0.717) is 11.6 Å². The molecule has 0 bridgehead atoms. The second kappa shape index (κ2) is 8.28. The van der Waals surface area contributed by atoms with Gasteiger partial charge in [-0.05, 0) is 30.2 Å². The van der Waals surface area contributed by atoms with E-state index in [4.69, 9.17) is 4.74 Å². The Morgan fingerprint density at radius 2 is 1.86 bits per heavy atom. The molecule has 1 unspecified atom stereocenters. The molecule has 0 saturated carbocycles. The van der Waals surface area contributed by atoms with Crippen LogP contribution in [-0.4, -0.2) is 21.9 Å². The van der Waals surface area contributed by atoms with Crippen LogP contribution in [0.3, 0.4) is 0 Å². The lowest BCUT2D eigenvalue weighted by atomic mass is 9.98. The summed E-state index contributed by atoms with van der Waals surface area (Å²) in [6, 6.07) is 16.8. The second-order valence-corrected chi connectivity index (χ2v) is 7.22. The van der Waals surface area contributed by atoms with E-state index in [1.54, 1.807) is 11.6 Å². The summed E-state index contributed by atoms with van der Waals surface area (Å²) in [6.45, 7) is 2.51. The van der Waals surface area contributed by atoms with Crippen LogP contribution in [0.5, 0.6) is 5.75 Å². The fourth-order valence-electron chi connectivity index (χ4n) is 3.12. The molecule has 1 amide bonds. The van der Waals surface area contributed by atoms with Crippen LogP contribution in [0.15, 0.2) is 77.2 Å². The maximum atomic E-state index is 13.0. The summed E-state index contributed by atoms with van der Waals surface area (Å²) in [5, 5.41) is 4.75. The van der Waals surface area contributed by atoms with Gasteiger partial charge in [0.05, 0.1) is 12.6 Å². The van der Waals surface area contributed by atoms with E-state index in [9.17, 15) is 9.59 Å². The highest BCUT2D eigenvalue weighted by molar-refractivity contribution is 7.15. The van der Waals surface area contributed by atoms with Gasteiger partial charge >= 0.3 is 0 Å². The van der Waals surface area contributed by atoms with E-state index < -0.39 is 11.9 Å². The number of nitrogens with zero attached hydrogens (tertiary/aromatic N) is 2. The number of rotatable bonds is 6. The van der Waals surface area contributed by atoms with Gasteiger partial charge in [-0.25, -0.2) is 4.98 Å². The molecule has 146 valence electrons. The standard InChI is InChI=1S/C22H19N3O3S/c1-2-28-17-10-8-16(9-11-17)19(15-6-4-3-5-7-15)24-20(26)18-14-23-22-25(21(18)27)12-13-29-22/h3-14,19H,2H2,1H3,(H,24,26). The Morgan fingerprint density at radius 1 is 1.14 bits per heavy atom. The molecule has 0 spiro atoms. The minimum atomic E-state index is -0.467. The monoisotopic (exact) mass is 405 g/mol. The van der Waals surface area contributed by atoms with Crippen LogP contribution in [0.4, 0.5) is 0 Å². The summed E-state index contributed by atoms with van der Waals surface area (Å²) >= 11 is 1.34. The van der Waals surface area contributed by atoms with Crippen molar-refractivity contribution in [1.82, 2.24) is 14.7 Å². The molecule has 29 heavy (non-hydrogen) atoms. The number of benzene rings is 2. The molecule has 2 aromatic carbocycles. The van der Waals surface area contributed by atoms with Crippen molar-refractivity contribution in [2.75, 3.05) is 6.61 Å². The highest BCUT2D eigenvalue weighted by atomic mass is 32.1. The van der Waals surface area contributed by atoms with E-state index in [1.165, 1.54) is 21.9 Å². The normalized spacial score (nSPS) is 11.9. The van der Waals surface area contributed by atoms with Crippen molar-refractivity contribution >= 4 is 22.2 Å². The molecule has 2 heterocycles. The van der Waals surface area contributed by atoms with Gasteiger partial charge in [0.1, 0.15) is 11.3 Å². The number of thiazole rings is 1. The predicted octanol–water partition coefficient (Wildman–Crippen LogP) is 3.67. The highest BCUT2D eigenvalue weighted by Crippen LogP contribution is 2.24. The summed E-state index contributed by atoms with van der Waals surface area (Å²) in [7, 11) is 0. The Kier molecular flexibility index (Phi) is 5.39. The Balaban J connectivity index is 1.68. The minimum Gasteiger partial charge on any atom is -0.494 e. The van der Waals surface area contributed by atoms with Gasteiger partial charge in [0.15, 0.2) is 4.96 Å². The molecule has 7 heteroatoms. The lowest BCUT2D eigenvalue weighted by Gasteiger charge is -2.20. The molecule has 6 nitrogen and oxygen atoms in total. The molecule has 4 aromatic rings. The molecule has 2 aromatic heterocycles. The first kappa shape index (κ1) is 18.9. The molecule has 1 atom stereocenters. The average molecular weight is 405 g/mol. The third kappa shape index (κ3) is 3.90. The van der Waals surface area contributed by atoms with E-state index in [1.807, 2.05) is 61.5 Å². The molecule has 0 radical (unpaired) electrons. The zero-order chi connectivity index (χ0) is 20.2. The van der Waals surface area contributed by atoms with Gasteiger partial charge in [0, 0.05) is 17.8 Å². The van der Waals surface area contributed by atoms with Gasteiger partial charge < -0.3 is 10.1 Å². The van der Waals surface area contributed by atoms with Crippen molar-refractivity contribution in [3.63, 3.8) is 0 Å². The molecule has 0 fully saturated rings. The van der Waals surface area contributed by atoms with Crippen LogP contribution in [0, 0.1) is 0 Å². The van der Waals surface area contributed by atoms with E-state index in [-0.39, 0.29) is 11.1 Å². The third-order valence-electron chi connectivity index (χ3n) is 4.52. The van der Waals surface area contributed by atoms with Crippen molar-refractivity contribution in [2.45, 2.75) is 13.0 Å². The highest BCUT2D eigenvalue weighted by Gasteiger charge is 2.21. The maximum absolute atomic E-state index is 13.0. The largest absolute Gasteiger partial charge is 0.494 e. The molecular formula is C22H19N3O3S. The number of fused-ring (bicyclic) bond motifs is 1. The number of carbonyl (C=O) groups is 1. The van der Waals surface area contributed by atoms with Crippen LogP contribution in [0.25, 0.3) is 4.96 Å². The van der Waals surface area contributed by atoms with Crippen LogP contribution in [0.1, 0.15) is 34.5 Å².